The molecule has 2 aromatic rings. The third kappa shape index (κ3) is 6.08. The van der Waals surface area contributed by atoms with Crippen LogP contribution in [0.1, 0.15) is 24.1 Å². The van der Waals surface area contributed by atoms with Gasteiger partial charge in [0.05, 0.1) is 33.0 Å². The van der Waals surface area contributed by atoms with Crippen LogP contribution in [0.4, 0.5) is 0 Å². The number of aromatic nitrogens is 2. The minimum absolute atomic E-state index is 0. The average molecular weight is 473 g/mol. The first-order chi connectivity index (χ1) is 12.1. The van der Waals surface area contributed by atoms with Gasteiger partial charge < -0.3 is 20.1 Å². The molecule has 7 nitrogen and oxygen atoms in total. The van der Waals surface area contributed by atoms with E-state index in [-0.39, 0.29) is 30.0 Å². The second kappa shape index (κ2) is 10.9. The van der Waals surface area contributed by atoms with Crippen molar-refractivity contribution in [3.63, 3.8) is 0 Å². The van der Waals surface area contributed by atoms with Crippen LogP contribution in [0.15, 0.2) is 35.6 Å². The van der Waals surface area contributed by atoms with Crippen molar-refractivity contribution in [1.82, 2.24) is 20.4 Å². The predicted octanol–water partition coefficient (Wildman–Crippen LogP) is 2.75. The van der Waals surface area contributed by atoms with Gasteiger partial charge in [0.15, 0.2) is 5.96 Å². The van der Waals surface area contributed by atoms with Crippen molar-refractivity contribution in [2.24, 2.45) is 4.99 Å². The molecule has 0 bridgehead atoms. The molecule has 0 saturated heterocycles. The van der Waals surface area contributed by atoms with Crippen LogP contribution in [-0.2, 0) is 6.54 Å². The molecule has 0 aliphatic carbocycles. The topological polar surface area (TPSA) is 72.7 Å². The Morgan fingerprint density at radius 2 is 2.08 bits per heavy atom. The average Bonchev–Trinajstić information content (AvgIpc) is 3.05. The standard InChI is InChI=1S/C18H27N5O2.HI/c1-13-11-21-23(12-13)9-8-20-18(19-3)22-14(2)16-10-15(24-4)6-7-17(16)25-5;/h6-7,10-12,14H,8-9H2,1-5H3,(H2,19,20,22);1H. The van der Waals surface area contributed by atoms with Crippen molar-refractivity contribution in [3.8, 4) is 11.5 Å². The number of nitrogens with zero attached hydrogens (tertiary/aromatic N) is 3. The number of aliphatic imine (C=N–C) groups is 1. The molecular weight excluding hydrogens is 445 g/mol. The zero-order valence-corrected chi connectivity index (χ0v) is 18.3. The third-order valence-electron chi connectivity index (χ3n) is 3.88. The molecule has 0 radical (unpaired) electrons. The number of guanidine groups is 1. The molecule has 8 heteroatoms. The lowest BCUT2D eigenvalue weighted by Gasteiger charge is -2.20. The summed E-state index contributed by atoms with van der Waals surface area (Å²) in [5.41, 5.74) is 2.16. The first-order valence-corrected chi connectivity index (χ1v) is 8.25. The first kappa shape index (κ1) is 22.1. The summed E-state index contributed by atoms with van der Waals surface area (Å²) in [4.78, 5) is 4.28. The van der Waals surface area contributed by atoms with Crippen molar-refractivity contribution >= 4 is 29.9 Å². The number of aryl methyl sites for hydroxylation is 1. The summed E-state index contributed by atoms with van der Waals surface area (Å²) >= 11 is 0. The molecule has 0 spiro atoms. The maximum Gasteiger partial charge on any atom is 0.191 e. The predicted molar refractivity (Wildman–Crippen MR) is 115 cm³/mol. The molecule has 1 atom stereocenters. The lowest BCUT2D eigenvalue weighted by atomic mass is 10.1. The second-order valence-electron chi connectivity index (χ2n) is 5.75. The van der Waals surface area contributed by atoms with Crippen LogP contribution in [0.3, 0.4) is 0 Å². The van der Waals surface area contributed by atoms with Gasteiger partial charge in [0.1, 0.15) is 11.5 Å². The van der Waals surface area contributed by atoms with Gasteiger partial charge in [0, 0.05) is 25.4 Å². The van der Waals surface area contributed by atoms with Gasteiger partial charge >= 0.3 is 0 Å². The van der Waals surface area contributed by atoms with Gasteiger partial charge in [-0.15, -0.1) is 24.0 Å². The van der Waals surface area contributed by atoms with Gasteiger partial charge in [-0.05, 0) is 37.6 Å². The summed E-state index contributed by atoms with van der Waals surface area (Å²) in [6.45, 7) is 5.58. The zero-order valence-electron chi connectivity index (χ0n) is 15.9. The SMILES string of the molecule is CN=C(NCCn1cc(C)cn1)NC(C)c1cc(OC)ccc1OC.I. The molecule has 0 aliphatic rings. The molecule has 26 heavy (non-hydrogen) atoms. The lowest BCUT2D eigenvalue weighted by Crippen LogP contribution is -2.40. The zero-order chi connectivity index (χ0) is 18.2. The molecule has 0 fully saturated rings. The highest BCUT2D eigenvalue weighted by molar-refractivity contribution is 14.0. The highest BCUT2D eigenvalue weighted by Crippen LogP contribution is 2.29. The van der Waals surface area contributed by atoms with E-state index in [1.165, 1.54) is 0 Å². The fourth-order valence-electron chi connectivity index (χ4n) is 2.53. The summed E-state index contributed by atoms with van der Waals surface area (Å²) in [6, 6.07) is 5.76. The van der Waals surface area contributed by atoms with E-state index in [1.807, 2.05) is 42.2 Å². The van der Waals surface area contributed by atoms with Crippen molar-refractivity contribution in [2.45, 2.75) is 26.4 Å². The van der Waals surface area contributed by atoms with E-state index >= 15 is 0 Å². The van der Waals surface area contributed by atoms with Crippen LogP contribution in [0, 0.1) is 6.92 Å². The summed E-state index contributed by atoms with van der Waals surface area (Å²) in [7, 11) is 5.07. The number of methoxy groups -OCH3 is 2. The Labute approximate surface area is 172 Å². The van der Waals surface area contributed by atoms with Gasteiger partial charge in [-0.1, -0.05) is 0 Å². The summed E-state index contributed by atoms with van der Waals surface area (Å²) in [5, 5.41) is 10.9. The number of rotatable bonds is 7. The van der Waals surface area contributed by atoms with Crippen LogP contribution in [0.5, 0.6) is 11.5 Å². The maximum atomic E-state index is 5.46. The Morgan fingerprint density at radius 1 is 1.31 bits per heavy atom. The third-order valence-corrected chi connectivity index (χ3v) is 3.88. The number of hydrogen-bond donors (Lipinski definition) is 2. The maximum absolute atomic E-state index is 5.46. The van der Waals surface area contributed by atoms with Gasteiger partial charge in [-0.2, -0.15) is 5.10 Å². The van der Waals surface area contributed by atoms with Crippen LogP contribution in [0.25, 0.3) is 0 Å². The number of hydrogen-bond acceptors (Lipinski definition) is 4. The fourth-order valence-corrected chi connectivity index (χ4v) is 2.53. The minimum atomic E-state index is 0. The first-order valence-electron chi connectivity index (χ1n) is 8.25. The second-order valence-corrected chi connectivity index (χ2v) is 5.75. The van der Waals surface area contributed by atoms with E-state index in [1.54, 1.807) is 21.3 Å². The highest BCUT2D eigenvalue weighted by atomic mass is 127. The summed E-state index contributed by atoms with van der Waals surface area (Å²) < 4.78 is 12.7. The van der Waals surface area contributed by atoms with Crippen molar-refractivity contribution in [2.75, 3.05) is 27.8 Å². The largest absolute Gasteiger partial charge is 0.497 e. The molecule has 2 rings (SSSR count). The molecule has 144 valence electrons. The number of ether oxygens (including phenoxy) is 2. The van der Waals surface area contributed by atoms with Gasteiger partial charge in [0.25, 0.3) is 0 Å². The Kier molecular flexibility index (Phi) is 9.25. The molecule has 0 aliphatic heterocycles. The Bertz CT molecular complexity index is 717. The lowest BCUT2D eigenvalue weighted by molar-refractivity contribution is 0.394. The number of benzene rings is 1. The van der Waals surface area contributed by atoms with Crippen LogP contribution in [-0.4, -0.2) is 43.6 Å². The molecule has 0 amide bonds. The van der Waals surface area contributed by atoms with Gasteiger partial charge in [0.2, 0.25) is 0 Å². The molecule has 1 heterocycles. The minimum Gasteiger partial charge on any atom is -0.497 e. The van der Waals surface area contributed by atoms with Crippen LogP contribution >= 0.6 is 24.0 Å². The Morgan fingerprint density at radius 3 is 2.65 bits per heavy atom. The highest BCUT2D eigenvalue weighted by Gasteiger charge is 2.14. The fraction of sp³-hybridized carbons (Fsp3) is 0.444. The molecule has 0 saturated carbocycles. The van der Waals surface area contributed by atoms with Crippen molar-refractivity contribution in [3.05, 3.63) is 41.7 Å². The summed E-state index contributed by atoms with van der Waals surface area (Å²) in [5.74, 6) is 2.32. The quantitative estimate of drug-likeness (QED) is 0.368. The Hall–Kier alpha value is -1.97. The normalized spacial score (nSPS) is 12.1. The van der Waals surface area contributed by atoms with Crippen LogP contribution in [0.2, 0.25) is 0 Å². The molecular formula is C18H28IN5O2. The van der Waals surface area contributed by atoms with E-state index < -0.39 is 0 Å². The van der Waals surface area contributed by atoms with E-state index in [0.29, 0.717) is 0 Å². The molecule has 1 aromatic carbocycles. The van der Waals surface area contributed by atoms with E-state index in [0.717, 1.165) is 41.7 Å². The van der Waals surface area contributed by atoms with E-state index in [4.69, 9.17) is 9.47 Å². The van der Waals surface area contributed by atoms with Crippen molar-refractivity contribution in [1.29, 1.82) is 0 Å². The number of halogens is 1. The van der Waals surface area contributed by atoms with E-state index in [9.17, 15) is 0 Å². The Balaban J connectivity index is 0.00000338. The summed E-state index contributed by atoms with van der Waals surface area (Å²) in [6.07, 6.45) is 3.87. The van der Waals surface area contributed by atoms with E-state index in [2.05, 4.69) is 27.6 Å². The van der Waals surface area contributed by atoms with Crippen molar-refractivity contribution < 1.29 is 9.47 Å². The monoisotopic (exact) mass is 473 g/mol. The van der Waals surface area contributed by atoms with Gasteiger partial charge in [-0.3, -0.25) is 9.67 Å². The molecule has 2 N–H and O–H groups in total. The molecule has 1 aromatic heterocycles. The number of nitrogens with one attached hydrogen (secondary N) is 2. The smallest absolute Gasteiger partial charge is 0.191 e. The van der Waals surface area contributed by atoms with Gasteiger partial charge in [-0.25, -0.2) is 0 Å². The molecule has 1 unspecified atom stereocenters. The van der Waals surface area contributed by atoms with Crippen LogP contribution < -0.4 is 20.1 Å².